The summed E-state index contributed by atoms with van der Waals surface area (Å²) in [6.07, 6.45) is 0. The minimum absolute atomic E-state index is 0.207. The molecule has 0 saturated carbocycles. The number of benzene rings is 2. The van der Waals surface area contributed by atoms with Crippen LogP contribution in [0.5, 0.6) is 5.75 Å². The normalized spacial score (nSPS) is 11.1. The van der Waals surface area contributed by atoms with E-state index in [4.69, 9.17) is 16.3 Å². The molecule has 32 heavy (non-hydrogen) atoms. The quantitative estimate of drug-likeness (QED) is 0.308. The van der Waals surface area contributed by atoms with Gasteiger partial charge in [0, 0.05) is 10.8 Å². The highest BCUT2D eigenvalue weighted by molar-refractivity contribution is 7.20. The van der Waals surface area contributed by atoms with Gasteiger partial charge in [-0.15, -0.1) is 22.7 Å². The maximum absolute atomic E-state index is 12.9. The average Bonchev–Trinajstić information content (AvgIpc) is 3.51. The zero-order valence-electron chi connectivity index (χ0n) is 16.9. The van der Waals surface area contributed by atoms with Gasteiger partial charge in [-0.05, 0) is 37.3 Å². The number of aromatic nitrogens is 3. The molecule has 5 rings (SSSR count). The van der Waals surface area contributed by atoms with Crippen LogP contribution in [0.25, 0.3) is 15.9 Å². The molecule has 3 heterocycles. The number of hydrogen-bond acceptors (Lipinski definition) is 6. The number of hydrogen-bond donors (Lipinski definition) is 1. The van der Waals surface area contributed by atoms with E-state index < -0.39 is 0 Å². The molecule has 9 heteroatoms. The Kier molecular flexibility index (Phi) is 5.65. The highest BCUT2D eigenvalue weighted by Gasteiger charge is 2.19. The highest BCUT2D eigenvalue weighted by atomic mass is 35.5. The van der Waals surface area contributed by atoms with E-state index in [9.17, 15) is 4.79 Å². The number of thiazole rings is 1. The monoisotopic (exact) mass is 480 g/mol. The number of carbonyl (C=O) groups is 1. The van der Waals surface area contributed by atoms with E-state index in [1.54, 1.807) is 4.68 Å². The Balaban J connectivity index is 1.33. The molecule has 0 atom stereocenters. The molecule has 0 fully saturated rings. The van der Waals surface area contributed by atoms with E-state index in [-0.39, 0.29) is 5.91 Å². The molecule has 1 amide bonds. The molecule has 160 valence electrons. The van der Waals surface area contributed by atoms with Crippen LogP contribution >= 0.6 is 34.3 Å². The smallest absolute Gasteiger partial charge is 0.267 e. The van der Waals surface area contributed by atoms with Crippen molar-refractivity contribution in [2.75, 3.05) is 5.32 Å². The highest BCUT2D eigenvalue weighted by Crippen LogP contribution is 2.33. The van der Waals surface area contributed by atoms with Crippen LogP contribution in [0.4, 0.5) is 5.13 Å². The summed E-state index contributed by atoms with van der Waals surface area (Å²) in [6, 6.07) is 18.9. The van der Waals surface area contributed by atoms with Crippen LogP contribution in [0.15, 0.2) is 66.0 Å². The van der Waals surface area contributed by atoms with Crippen molar-refractivity contribution in [1.82, 2.24) is 14.8 Å². The van der Waals surface area contributed by atoms with Gasteiger partial charge < -0.3 is 4.74 Å². The summed E-state index contributed by atoms with van der Waals surface area (Å²) in [5.41, 5.74) is 2.38. The summed E-state index contributed by atoms with van der Waals surface area (Å²) < 4.78 is 7.50. The van der Waals surface area contributed by atoms with Crippen molar-refractivity contribution in [3.05, 3.63) is 87.3 Å². The van der Waals surface area contributed by atoms with E-state index in [2.05, 4.69) is 15.4 Å². The summed E-state index contributed by atoms with van der Waals surface area (Å²) in [5.74, 6) is 0.570. The zero-order chi connectivity index (χ0) is 22.1. The van der Waals surface area contributed by atoms with Gasteiger partial charge in [0.25, 0.3) is 5.91 Å². The lowest BCUT2D eigenvalue weighted by atomic mass is 10.3. The third-order valence-corrected chi connectivity index (χ3v) is 6.99. The molecule has 0 unspecified atom stereocenters. The lowest BCUT2D eigenvalue weighted by Crippen LogP contribution is -2.10. The minimum atomic E-state index is -0.207. The van der Waals surface area contributed by atoms with Gasteiger partial charge in [-0.2, -0.15) is 5.10 Å². The fourth-order valence-electron chi connectivity index (χ4n) is 3.21. The molecule has 1 N–H and O–H groups in total. The van der Waals surface area contributed by atoms with Crippen LogP contribution in [-0.4, -0.2) is 20.7 Å². The standard InChI is InChI=1S/C23H17ClN4O2S2/c1-14-17-11-20(32-22(17)28(27-14)19-10-6-5-9-18(19)24)21(29)26-23-25-15(13-31-23)12-30-16-7-3-2-4-8-16/h2-11,13H,12H2,1H3,(H,25,26,29). The fraction of sp³-hybridized carbons (Fsp3) is 0.0870. The number of anilines is 1. The number of amides is 1. The number of para-hydroxylation sites is 2. The maximum Gasteiger partial charge on any atom is 0.267 e. The number of nitrogens with zero attached hydrogens (tertiary/aromatic N) is 3. The van der Waals surface area contributed by atoms with E-state index in [1.807, 2.05) is 73.0 Å². The van der Waals surface area contributed by atoms with Crippen molar-refractivity contribution in [3.8, 4) is 11.4 Å². The van der Waals surface area contributed by atoms with Crippen LogP contribution in [0.3, 0.4) is 0 Å². The van der Waals surface area contributed by atoms with Crippen LogP contribution in [0.2, 0.25) is 5.02 Å². The SMILES string of the molecule is Cc1nn(-c2ccccc2Cl)c2sc(C(=O)Nc3nc(COc4ccccc4)cs3)cc12. The molecule has 0 radical (unpaired) electrons. The average molecular weight is 481 g/mol. The second-order valence-electron chi connectivity index (χ2n) is 6.98. The molecule has 0 aliphatic heterocycles. The third kappa shape index (κ3) is 4.12. The number of carbonyl (C=O) groups excluding carboxylic acids is 1. The molecule has 3 aromatic heterocycles. The van der Waals surface area contributed by atoms with Crippen molar-refractivity contribution in [1.29, 1.82) is 0 Å². The van der Waals surface area contributed by atoms with Gasteiger partial charge in [-0.1, -0.05) is 41.9 Å². The molecule has 5 aromatic rings. The Morgan fingerprint density at radius 2 is 1.94 bits per heavy atom. The van der Waals surface area contributed by atoms with E-state index in [1.165, 1.54) is 22.7 Å². The number of fused-ring (bicyclic) bond motifs is 1. The van der Waals surface area contributed by atoms with Gasteiger partial charge in [0.15, 0.2) is 5.13 Å². The van der Waals surface area contributed by atoms with Gasteiger partial charge in [0.2, 0.25) is 0 Å². The van der Waals surface area contributed by atoms with Gasteiger partial charge >= 0.3 is 0 Å². The molecule has 0 bridgehead atoms. The van der Waals surface area contributed by atoms with Gasteiger partial charge in [-0.3, -0.25) is 10.1 Å². The molecule has 2 aromatic carbocycles. The van der Waals surface area contributed by atoms with Crippen molar-refractivity contribution < 1.29 is 9.53 Å². The van der Waals surface area contributed by atoms with Gasteiger partial charge in [0.1, 0.15) is 17.2 Å². The number of thiophene rings is 1. The largest absolute Gasteiger partial charge is 0.487 e. The Morgan fingerprint density at radius 3 is 2.75 bits per heavy atom. The van der Waals surface area contributed by atoms with Gasteiger partial charge in [0.05, 0.1) is 27.0 Å². The first kappa shape index (κ1) is 20.7. The molecule has 0 saturated heterocycles. The summed E-state index contributed by atoms with van der Waals surface area (Å²) in [6.45, 7) is 2.26. The van der Waals surface area contributed by atoms with Crippen molar-refractivity contribution >= 4 is 55.5 Å². The first-order chi connectivity index (χ1) is 15.6. The topological polar surface area (TPSA) is 69.0 Å². The van der Waals surface area contributed by atoms with E-state index >= 15 is 0 Å². The predicted molar refractivity (Wildman–Crippen MR) is 130 cm³/mol. The minimum Gasteiger partial charge on any atom is -0.487 e. The van der Waals surface area contributed by atoms with Gasteiger partial charge in [-0.25, -0.2) is 9.67 Å². The second-order valence-corrected chi connectivity index (χ2v) is 9.27. The Labute approximate surface area is 197 Å². The van der Waals surface area contributed by atoms with Crippen molar-refractivity contribution in [2.45, 2.75) is 13.5 Å². The Bertz CT molecular complexity index is 1410. The first-order valence-electron chi connectivity index (χ1n) is 9.76. The Morgan fingerprint density at radius 1 is 1.16 bits per heavy atom. The number of nitrogens with one attached hydrogen (secondary N) is 1. The fourth-order valence-corrected chi connectivity index (χ4v) is 5.19. The third-order valence-electron chi connectivity index (χ3n) is 4.75. The maximum atomic E-state index is 12.9. The van der Waals surface area contributed by atoms with E-state index in [0.717, 1.165) is 33.0 Å². The molecular weight excluding hydrogens is 464 g/mol. The summed E-state index contributed by atoms with van der Waals surface area (Å²) in [7, 11) is 0. The summed E-state index contributed by atoms with van der Waals surface area (Å²) >= 11 is 9.10. The molecule has 0 aliphatic carbocycles. The molecular formula is C23H17ClN4O2S2. The first-order valence-corrected chi connectivity index (χ1v) is 11.8. The second kappa shape index (κ2) is 8.74. The van der Waals surface area contributed by atoms with Crippen LogP contribution < -0.4 is 10.1 Å². The van der Waals surface area contributed by atoms with Crippen molar-refractivity contribution in [2.24, 2.45) is 0 Å². The van der Waals surface area contributed by atoms with Crippen LogP contribution in [0, 0.1) is 6.92 Å². The zero-order valence-corrected chi connectivity index (χ0v) is 19.3. The molecule has 0 aliphatic rings. The summed E-state index contributed by atoms with van der Waals surface area (Å²) in [4.78, 5) is 18.8. The summed E-state index contributed by atoms with van der Waals surface area (Å²) in [5, 5.41) is 11.4. The predicted octanol–water partition coefficient (Wildman–Crippen LogP) is 6.34. The van der Waals surface area contributed by atoms with Crippen LogP contribution in [-0.2, 0) is 6.61 Å². The Hall–Kier alpha value is -3.20. The number of aryl methyl sites for hydroxylation is 1. The lowest BCUT2D eigenvalue weighted by molar-refractivity contribution is 0.103. The number of rotatable bonds is 6. The van der Waals surface area contributed by atoms with E-state index in [0.29, 0.717) is 21.6 Å². The van der Waals surface area contributed by atoms with Crippen molar-refractivity contribution in [3.63, 3.8) is 0 Å². The lowest BCUT2D eigenvalue weighted by Gasteiger charge is -2.04. The number of ether oxygens (including phenoxy) is 1. The van der Waals surface area contributed by atoms with Crippen LogP contribution in [0.1, 0.15) is 21.1 Å². The number of halogens is 1. The molecule has 0 spiro atoms. The molecule has 6 nitrogen and oxygen atoms in total.